The fourth-order valence-corrected chi connectivity index (χ4v) is 3.23. The standard InChI is InChI=1S/C15H12FN3O/c16-13-5-12-11(4-10(13)6-17)8-20-15(12)2-1-3-19-9-18-7-14(15)19/h1,3-5,7,9-10,13H,2,8H2. The van der Waals surface area contributed by atoms with Crippen LogP contribution in [0.3, 0.4) is 0 Å². The summed E-state index contributed by atoms with van der Waals surface area (Å²) < 4.78 is 22.0. The molecule has 1 spiro atoms. The normalized spacial score (nSPS) is 34.2. The van der Waals surface area contributed by atoms with Gasteiger partial charge in [-0.05, 0) is 17.2 Å². The summed E-state index contributed by atoms with van der Waals surface area (Å²) in [5.41, 5.74) is 2.04. The zero-order valence-electron chi connectivity index (χ0n) is 10.7. The van der Waals surface area contributed by atoms with Crippen LogP contribution in [-0.4, -0.2) is 22.3 Å². The lowest BCUT2D eigenvalue weighted by Crippen LogP contribution is -2.32. The highest BCUT2D eigenvalue weighted by molar-refractivity contribution is 5.53. The van der Waals surface area contributed by atoms with Gasteiger partial charge in [0.1, 0.15) is 11.8 Å². The first-order valence-electron chi connectivity index (χ1n) is 6.54. The van der Waals surface area contributed by atoms with Crippen LogP contribution in [0.15, 0.2) is 41.9 Å². The molecular formula is C15H12FN3O. The lowest BCUT2D eigenvalue weighted by Gasteiger charge is -2.33. The van der Waals surface area contributed by atoms with Crippen molar-refractivity contribution in [1.29, 1.82) is 5.26 Å². The van der Waals surface area contributed by atoms with Crippen LogP contribution < -0.4 is 0 Å². The van der Waals surface area contributed by atoms with E-state index in [4.69, 9.17) is 10.00 Å². The molecule has 0 amide bonds. The van der Waals surface area contributed by atoms with Crippen molar-refractivity contribution in [3.05, 3.63) is 47.6 Å². The fourth-order valence-electron chi connectivity index (χ4n) is 3.23. The van der Waals surface area contributed by atoms with Gasteiger partial charge >= 0.3 is 0 Å². The van der Waals surface area contributed by atoms with E-state index >= 15 is 0 Å². The Bertz CT molecular complexity index is 709. The van der Waals surface area contributed by atoms with Crippen LogP contribution >= 0.6 is 0 Å². The number of halogens is 1. The number of rotatable bonds is 0. The van der Waals surface area contributed by atoms with E-state index in [1.54, 1.807) is 24.7 Å². The van der Waals surface area contributed by atoms with Crippen molar-refractivity contribution in [2.24, 2.45) is 5.92 Å². The van der Waals surface area contributed by atoms with Gasteiger partial charge in [0.15, 0.2) is 0 Å². The highest BCUT2D eigenvalue weighted by Crippen LogP contribution is 2.50. The van der Waals surface area contributed by atoms with Gasteiger partial charge in [0.2, 0.25) is 0 Å². The van der Waals surface area contributed by atoms with Crippen LogP contribution in [0, 0.1) is 17.2 Å². The number of imidazole rings is 1. The summed E-state index contributed by atoms with van der Waals surface area (Å²) in [7, 11) is 0. The molecule has 2 aliphatic heterocycles. The van der Waals surface area contributed by atoms with Gasteiger partial charge in [0, 0.05) is 12.6 Å². The van der Waals surface area contributed by atoms with Crippen molar-refractivity contribution in [1.82, 2.24) is 9.55 Å². The minimum atomic E-state index is -1.28. The lowest BCUT2D eigenvalue weighted by molar-refractivity contribution is 0.0196. The molecule has 0 radical (unpaired) electrons. The topological polar surface area (TPSA) is 50.8 Å². The molecule has 5 heteroatoms. The lowest BCUT2D eigenvalue weighted by atomic mass is 9.79. The predicted octanol–water partition coefficient (Wildman–Crippen LogP) is 2.33. The third kappa shape index (κ3) is 1.34. The minimum absolute atomic E-state index is 0.412. The van der Waals surface area contributed by atoms with E-state index < -0.39 is 17.7 Å². The van der Waals surface area contributed by atoms with Crippen LogP contribution in [0.4, 0.5) is 4.39 Å². The molecule has 3 atom stereocenters. The number of allylic oxidation sites excluding steroid dienone is 2. The van der Waals surface area contributed by atoms with Crippen molar-refractivity contribution in [3.8, 4) is 6.07 Å². The molecule has 4 rings (SSSR count). The molecule has 3 unspecified atom stereocenters. The summed E-state index contributed by atoms with van der Waals surface area (Å²) in [6.07, 6.45) is 10.0. The van der Waals surface area contributed by atoms with Gasteiger partial charge in [-0.2, -0.15) is 5.26 Å². The molecule has 1 fully saturated rings. The molecule has 1 aromatic heterocycles. The average molecular weight is 269 g/mol. The Morgan fingerprint density at radius 2 is 2.40 bits per heavy atom. The number of alkyl halides is 1. The number of hydrogen-bond acceptors (Lipinski definition) is 3. The van der Waals surface area contributed by atoms with Gasteiger partial charge in [-0.3, -0.25) is 0 Å². The molecule has 0 N–H and O–H groups in total. The highest BCUT2D eigenvalue weighted by atomic mass is 19.1. The van der Waals surface area contributed by atoms with Gasteiger partial charge in [-0.1, -0.05) is 12.2 Å². The van der Waals surface area contributed by atoms with Gasteiger partial charge in [-0.25, -0.2) is 9.37 Å². The van der Waals surface area contributed by atoms with E-state index in [1.807, 2.05) is 22.9 Å². The Balaban J connectivity index is 1.86. The largest absolute Gasteiger partial charge is 0.359 e. The summed E-state index contributed by atoms with van der Waals surface area (Å²) in [5, 5.41) is 8.98. The quantitative estimate of drug-likeness (QED) is 0.726. The van der Waals surface area contributed by atoms with E-state index in [9.17, 15) is 4.39 Å². The molecule has 0 bridgehead atoms. The highest BCUT2D eigenvalue weighted by Gasteiger charge is 2.48. The fraction of sp³-hybridized carbons (Fsp3) is 0.333. The van der Waals surface area contributed by atoms with E-state index in [-0.39, 0.29) is 0 Å². The second-order valence-corrected chi connectivity index (χ2v) is 5.26. The predicted molar refractivity (Wildman–Crippen MR) is 70.0 cm³/mol. The molecule has 0 saturated carbocycles. The summed E-state index contributed by atoms with van der Waals surface area (Å²) in [5.74, 6) is -0.712. The SMILES string of the molecule is N#CC1C=C2COC3(CC=Cn4cncc43)C2=CC1F. The van der Waals surface area contributed by atoms with E-state index in [1.165, 1.54) is 0 Å². The molecule has 100 valence electrons. The molecule has 3 aliphatic rings. The monoisotopic (exact) mass is 269 g/mol. The Morgan fingerprint density at radius 1 is 1.50 bits per heavy atom. The zero-order valence-corrected chi connectivity index (χ0v) is 10.7. The zero-order chi connectivity index (χ0) is 13.7. The molecule has 1 aliphatic carbocycles. The average Bonchev–Trinajstić information content (AvgIpc) is 3.06. The smallest absolute Gasteiger partial charge is 0.139 e. The van der Waals surface area contributed by atoms with Crippen LogP contribution in [0.2, 0.25) is 0 Å². The van der Waals surface area contributed by atoms with Crippen molar-refractivity contribution in [2.45, 2.75) is 18.2 Å². The second-order valence-electron chi connectivity index (χ2n) is 5.26. The maximum atomic E-state index is 14.1. The maximum absolute atomic E-state index is 14.1. The number of nitrogens with zero attached hydrogens (tertiary/aromatic N) is 3. The van der Waals surface area contributed by atoms with E-state index in [0.29, 0.717) is 13.0 Å². The minimum Gasteiger partial charge on any atom is -0.359 e. The first-order chi connectivity index (χ1) is 9.74. The van der Waals surface area contributed by atoms with Gasteiger partial charge in [-0.15, -0.1) is 0 Å². The van der Waals surface area contributed by atoms with Crippen LogP contribution in [0.5, 0.6) is 0 Å². The van der Waals surface area contributed by atoms with Gasteiger partial charge < -0.3 is 9.30 Å². The molecular weight excluding hydrogens is 257 g/mol. The first kappa shape index (κ1) is 11.6. The van der Waals surface area contributed by atoms with Crippen LogP contribution in [0.25, 0.3) is 6.20 Å². The second kappa shape index (κ2) is 3.90. The summed E-state index contributed by atoms with van der Waals surface area (Å²) >= 11 is 0. The first-order valence-corrected chi connectivity index (χ1v) is 6.54. The summed E-state index contributed by atoms with van der Waals surface area (Å²) in [4.78, 5) is 4.15. The number of ether oxygens (including phenoxy) is 1. The number of hydrogen-bond donors (Lipinski definition) is 0. The van der Waals surface area contributed by atoms with E-state index in [2.05, 4.69) is 4.98 Å². The summed E-state index contributed by atoms with van der Waals surface area (Å²) in [6, 6.07) is 1.99. The summed E-state index contributed by atoms with van der Waals surface area (Å²) in [6.45, 7) is 0.412. The van der Waals surface area contributed by atoms with Crippen molar-refractivity contribution >= 4 is 6.20 Å². The maximum Gasteiger partial charge on any atom is 0.139 e. The van der Waals surface area contributed by atoms with Crippen LogP contribution in [-0.2, 0) is 10.3 Å². The molecule has 4 nitrogen and oxygen atoms in total. The molecule has 3 heterocycles. The van der Waals surface area contributed by atoms with Crippen molar-refractivity contribution < 1.29 is 9.13 Å². The van der Waals surface area contributed by atoms with Gasteiger partial charge in [0.05, 0.1) is 36.8 Å². The molecule has 0 aromatic carbocycles. The Labute approximate surface area is 115 Å². The number of fused-ring (bicyclic) bond motifs is 4. The number of aromatic nitrogens is 2. The van der Waals surface area contributed by atoms with Crippen LogP contribution in [0.1, 0.15) is 12.1 Å². The third-order valence-corrected chi connectivity index (χ3v) is 4.21. The third-order valence-electron chi connectivity index (χ3n) is 4.21. The van der Waals surface area contributed by atoms with Crippen molar-refractivity contribution in [2.75, 3.05) is 6.61 Å². The van der Waals surface area contributed by atoms with Crippen molar-refractivity contribution in [3.63, 3.8) is 0 Å². The Hall–Kier alpha value is -2.19. The molecule has 1 saturated heterocycles. The Kier molecular flexibility index (Phi) is 2.27. The van der Waals surface area contributed by atoms with E-state index in [0.717, 1.165) is 16.8 Å². The number of nitriles is 1. The Morgan fingerprint density at radius 3 is 3.25 bits per heavy atom. The molecule has 1 aromatic rings. The van der Waals surface area contributed by atoms with Gasteiger partial charge in [0.25, 0.3) is 0 Å². The molecule has 20 heavy (non-hydrogen) atoms.